The van der Waals surface area contributed by atoms with E-state index >= 15 is 0 Å². The number of halogens is 1. The zero-order chi connectivity index (χ0) is 20.2. The predicted molar refractivity (Wildman–Crippen MR) is 106 cm³/mol. The second-order valence-electron chi connectivity index (χ2n) is 7.67. The Bertz CT molecular complexity index is 1020. The summed E-state index contributed by atoms with van der Waals surface area (Å²) in [5.41, 5.74) is 0.322. The maximum absolute atomic E-state index is 13.4. The summed E-state index contributed by atoms with van der Waals surface area (Å²) in [7, 11) is 0. The molecular formula is C22H19ClN2O4. The van der Waals surface area contributed by atoms with Crippen molar-refractivity contribution in [3.63, 3.8) is 0 Å². The molecule has 2 aromatic carbocycles. The number of carbonyl (C=O) groups excluding carboxylic acids is 3. The lowest BCUT2D eigenvalue weighted by Gasteiger charge is -2.48. The van der Waals surface area contributed by atoms with Gasteiger partial charge in [-0.15, -0.1) is 0 Å². The van der Waals surface area contributed by atoms with Crippen LogP contribution in [0.3, 0.4) is 0 Å². The SMILES string of the molecule is O=C1CC[C@@]2(C(=O)OCc3ccc(Cl)cc3)N1c1ccccc1C(=O)N2C1CC1. The van der Waals surface area contributed by atoms with Gasteiger partial charge in [0.25, 0.3) is 5.91 Å². The molecule has 2 aliphatic heterocycles. The normalized spacial score (nSPS) is 23.1. The minimum absolute atomic E-state index is 0.0488. The zero-order valence-electron chi connectivity index (χ0n) is 15.6. The first kappa shape index (κ1) is 18.2. The second kappa shape index (κ2) is 6.59. The highest BCUT2D eigenvalue weighted by molar-refractivity contribution is 6.30. The minimum atomic E-state index is -1.41. The average Bonchev–Trinajstić information content (AvgIpc) is 3.50. The van der Waals surface area contributed by atoms with Crippen molar-refractivity contribution in [2.75, 3.05) is 4.90 Å². The molecule has 0 spiro atoms. The second-order valence-corrected chi connectivity index (χ2v) is 8.11. The summed E-state index contributed by atoms with van der Waals surface area (Å²) in [5, 5.41) is 0.598. The van der Waals surface area contributed by atoms with Crippen molar-refractivity contribution in [2.24, 2.45) is 0 Å². The fourth-order valence-corrected chi connectivity index (χ4v) is 4.48. The quantitative estimate of drug-likeness (QED) is 0.723. The summed E-state index contributed by atoms with van der Waals surface area (Å²) in [4.78, 5) is 42.7. The highest BCUT2D eigenvalue weighted by Crippen LogP contribution is 2.49. The molecule has 3 aliphatic rings. The number of ether oxygens (including phenoxy) is 1. The van der Waals surface area contributed by atoms with Crippen molar-refractivity contribution in [1.82, 2.24) is 4.90 Å². The van der Waals surface area contributed by atoms with E-state index in [2.05, 4.69) is 0 Å². The van der Waals surface area contributed by atoms with Crippen LogP contribution in [0.5, 0.6) is 0 Å². The molecule has 1 aliphatic carbocycles. The van der Waals surface area contributed by atoms with Gasteiger partial charge in [0, 0.05) is 23.9 Å². The molecule has 29 heavy (non-hydrogen) atoms. The summed E-state index contributed by atoms with van der Waals surface area (Å²) < 4.78 is 5.66. The van der Waals surface area contributed by atoms with Crippen molar-refractivity contribution in [3.05, 3.63) is 64.7 Å². The minimum Gasteiger partial charge on any atom is -0.458 e. The Labute approximate surface area is 173 Å². The Morgan fingerprint density at radius 2 is 1.83 bits per heavy atom. The van der Waals surface area contributed by atoms with Crippen LogP contribution in [0.25, 0.3) is 0 Å². The number of nitrogens with zero attached hydrogens (tertiary/aromatic N) is 2. The number of anilines is 1. The Kier molecular flexibility index (Phi) is 4.13. The number of benzene rings is 2. The highest BCUT2D eigenvalue weighted by atomic mass is 35.5. The van der Waals surface area contributed by atoms with Crippen LogP contribution in [0.1, 0.15) is 41.6 Å². The molecule has 0 N–H and O–H groups in total. The first-order valence-electron chi connectivity index (χ1n) is 9.70. The Morgan fingerprint density at radius 1 is 1.10 bits per heavy atom. The monoisotopic (exact) mass is 410 g/mol. The van der Waals surface area contributed by atoms with E-state index in [9.17, 15) is 14.4 Å². The third-order valence-electron chi connectivity index (χ3n) is 5.82. The van der Waals surface area contributed by atoms with Crippen LogP contribution in [0.4, 0.5) is 5.69 Å². The van der Waals surface area contributed by atoms with Crippen LogP contribution in [0, 0.1) is 0 Å². The number of para-hydroxylation sites is 1. The molecule has 0 aromatic heterocycles. The standard InChI is InChI=1S/C22H19ClN2O4/c23-15-7-5-14(6-8-15)13-29-21(28)22-12-11-19(26)25(22)18-4-2-1-3-17(18)20(27)24(22)16-9-10-16/h1-8,16H,9-13H2/t22-/m0/s1. The molecule has 1 saturated carbocycles. The zero-order valence-corrected chi connectivity index (χ0v) is 16.4. The smallest absolute Gasteiger partial charge is 0.354 e. The number of rotatable bonds is 4. The summed E-state index contributed by atoms with van der Waals surface area (Å²) in [6.07, 6.45) is 2.08. The molecule has 5 rings (SSSR count). The van der Waals surface area contributed by atoms with Gasteiger partial charge in [-0.2, -0.15) is 0 Å². The van der Waals surface area contributed by atoms with E-state index in [1.807, 2.05) is 0 Å². The topological polar surface area (TPSA) is 66.9 Å². The first-order chi connectivity index (χ1) is 14.0. The lowest BCUT2D eigenvalue weighted by molar-refractivity contribution is -0.159. The molecule has 2 amide bonds. The van der Waals surface area contributed by atoms with Gasteiger partial charge in [0.15, 0.2) is 0 Å². The summed E-state index contributed by atoms with van der Waals surface area (Å²) >= 11 is 5.91. The average molecular weight is 411 g/mol. The van der Waals surface area contributed by atoms with Crippen LogP contribution in [0.15, 0.2) is 48.5 Å². The van der Waals surface area contributed by atoms with Crippen molar-refractivity contribution in [1.29, 1.82) is 0 Å². The summed E-state index contributed by atoms with van der Waals surface area (Å²) in [5.74, 6) is -0.940. The molecule has 6 nitrogen and oxygen atoms in total. The molecule has 0 bridgehead atoms. The number of hydrogen-bond donors (Lipinski definition) is 0. The van der Waals surface area contributed by atoms with Crippen molar-refractivity contribution >= 4 is 35.1 Å². The fraction of sp³-hybridized carbons (Fsp3) is 0.318. The molecule has 2 aromatic rings. The van der Waals surface area contributed by atoms with Crippen molar-refractivity contribution in [2.45, 2.75) is 44.0 Å². The maximum atomic E-state index is 13.4. The van der Waals surface area contributed by atoms with E-state index in [1.165, 1.54) is 4.90 Å². The van der Waals surface area contributed by atoms with Crippen LogP contribution in [0.2, 0.25) is 5.02 Å². The number of hydrogen-bond acceptors (Lipinski definition) is 4. The largest absolute Gasteiger partial charge is 0.458 e. The lowest BCUT2D eigenvalue weighted by Crippen LogP contribution is -2.69. The molecule has 0 radical (unpaired) electrons. The van der Waals surface area contributed by atoms with Crippen LogP contribution >= 0.6 is 11.6 Å². The number of esters is 1. The molecular weight excluding hydrogens is 392 g/mol. The summed E-state index contributed by atoms with van der Waals surface area (Å²) in [6.45, 7) is 0.0497. The van der Waals surface area contributed by atoms with E-state index in [0.29, 0.717) is 16.3 Å². The Hall–Kier alpha value is -2.86. The lowest BCUT2D eigenvalue weighted by atomic mass is 9.96. The maximum Gasteiger partial charge on any atom is 0.354 e. The molecule has 148 valence electrons. The van der Waals surface area contributed by atoms with Gasteiger partial charge in [0.1, 0.15) is 6.61 Å². The molecule has 7 heteroatoms. The van der Waals surface area contributed by atoms with E-state index in [-0.39, 0.29) is 37.3 Å². The van der Waals surface area contributed by atoms with Gasteiger partial charge < -0.3 is 9.64 Å². The number of amides is 2. The van der Waals surface area contributed by atoms with E-state index in [4.69, 9.17) is 16.3 Å². The number of carbonyl (C=O) groups is 3. The van der Waals surface area contributed by atoms with Crippen LogP contribution < -0.4 is 4.90 Å². The van der Waals surface area contributed by atoms with Crippen LogP contribution in [-0.2, 0) is 20.9 Å². The molecule has 0 unspecified atom stereocenters. The van der Waals surface area contributed by atoms with Gasteiger partial charge in [0.2, 0.25) is 11.6 Å². The Balaban J connectivity index is 1.54. The van der Waals surface area contributed by atoms with Gasteiger partial charge in [0.05, 0.1) is 11.3 Å². The first-order valence-corrected chi connectivity index (χ1v) is 10.1. The highest BCUT2D eigenvalue weighted by Gasteiger charge is 2.64. The Morgan fingerprint density at radius 3 is 2.55 bits per heavy atom. The third kappa shape index (κ3) is 2.74. The van der Waals surface area contributed by atoms with Gasteiger partial charge >= 0.3 is 5.97 Å². The van der Waals surface area contributed by atoms with E-state index in [1.54, 1.807) is 53.4 Å². The molecule has 2 heterocycles. The molecule has 2 fully saturated rings. The van der Waals surface area contributed by atoms with Gasteiger partial charge in [-0.05, 0) is 42.7 Å². The van der Waals surface area contributed by atoms with Gasteiger partial charge in [-0.1, -0.05) is 35.9 Å². The molecule has 1 atom stereocenters. The number of fused-ring (bicyclic) bond motifs is 3. The molecule has 1 saturated heterocycles. The fourth-order valence-electron chi connectivity index (χ4n) is 4.36. The van der Waals surface area contributed by atoms with Crippen molar-refractivity contribution in [3.8, 4) is 0 Å². The van der Waals surface area contributed by atoms with E-state index in [0.717, 1.165) is 18.4 Å². The van der Waals surface area contributed by atoms with Crippen molar-refractivity contribution < 1.29 is 19.1 Å². The summed E-state index contributed by atoms with van der Waals surface area (Å²) in [6, 6.07) is 13.9. The van der Waals surface area contributed by atoms with Crippen LogP contribution in [-0.4, -0.2) is 34.4 Å². The van der Waals surface area contributed by atoms with E-state index < -0.39 is 11.6 Å². The van der Waals surface area contributed by atoms with Gasteiger partial charge in [-0.3, -0.25) is 14.5 Å². The van der Waals surface area contributed by atoms with Gasteiger partial charge in [-0.25, -0.2) is 4.79 Å². The predicted octanol–water partition coefficient (Wildman–Crippen LogP) is 3.52. The third-order valence-corrected chi connectivity index (χ3v) is 6.07.